The lowest BCUT2D eigenvalue weighted by Gasteiger charge is -2.33. The van der Waals surface area contributed by atoms with Crippen molar-refractivity contribution >= 4 is 11.5 Å². The molecule has 1 aliphatic rings. The number of nitrogens with zero attached hydrogens (tertiary/aromatic N) is 2. The Bertz CT molecular complexity index is 800. The Kier molecular flexibility index (Phi) is 5.14. The van der Waals surface area contributed by atoms with E-state index < -0.39 is 0 Å². The molecule has 1 aliphatic heterocycles. The molecule has 0 unspecified atom stereocenters. The summed E-state index contributed by atoms with van der Waals surface area (Å²) in [5.74, 6) is -0.202. The maximum atomic E-state index is 14.2. The molecule has 0 N–H and O–H groups in total. The summed E-state index contributed by atoms with van der Waals surface area (Å²) >= 11 is 0. The average Bonchev–Trinajstić information content (AvgIpc) is 2.67. The number of benzene rings is 2. The van der Waals surface area contributed by atoms with E-state index in [2.05, 4.69) is 6.92 Å². The van der Waals surface area contributed by atoms with E-state index in [1.807, 2.05) is 35.2 Å². The van der Waals surface area contributed by atoms with Crippen molar-refractivity contribution in [2.24, 2.45) is 5.92 Å². The van der Waals surface area contributed by atoms with Crippen LogP contribution in [-0.2, 0) is 6.42 Å². The van der Waals surface area contributed by atoms with Gasteiger partial charge >= 0.3 is 0 Å². The average molecular weight is 336 g/mol. The minimum Gasteiger partial charge on any atom is -0.369 e. The first-order valence-corrected chi connectivity index (χ1v) is 8.70. The number of hydrogen-bond acceptors (Lipinski definition) is 3. The summed E-state index contributed by atoms with van der Waals surface area (Å²) in [5.41, 5.74) is 2.82. The Morgan fingerprint density at radius 1 is 1.20 bits per heavy atom. The quantitative estimate of drug-likeness (QED) is 0.779. The van der Waals surface area contributed by atoms with Crippen molar-refractivity contribution in [3.63, 3.8) is 0 Å². The molecular formula is C21H21FN2O. The fraction of sp³-hybridized carbons (Fsp3) is 0.333. The van der Waals surface area contributed by atoms with Crippen LogP contribution >= 0.6 is 0 Å². The van der Waals surface area contributed by atoms with Gasteiger partial charge in [0.2, 0.25) is 0 Å². The molecule has 0 amide bonds. The number of aryl methyl sites for hydroxylation is 1. The zero-order chi connectivity index (χ0) is 17.8. The lowest BCUT2D eigenvalue weighted by atomic mass is 9.88. The molecule has 0 spiro atoms. The Hall–Kier alpha value is -2.67. The lowest BCUT2D eigenvalue weighted by Crippen LogP contribution is -2.36. The molecule has 4 heteroatoms. The standard InChI is InChI=1S/C21H21FN2O/c1-2-15-3-6-17(7-4-15)21(25)18-9-11-24(12-10-18)20-8-5-16(14-23)13-19(20)22/h3-8,13,18H,2,9-12H2,1H3. The second-order valence-electron chi connectivity index (χ2n) is 6.45. The molecule has 0 saturated carbocycles. The molecule has 3 rings (SSSR count). The van der Waals surface area contributed by atoms with Crippen molar-refractivity contribution in [1.82, 2.24) is 0 Å². The third kappa shape index (κ3) is 3.71. The van der Waals surface area contributed by atoms with Gasteiger partial charge in [-0.1, -0.05) is 31.2 Å². The van der Waals surface area contributed by atoms with Gasteiger partial charge in [0.15, 0.2) is 5.78 Å². The summed E-state index contributed by atoms with van der Waals surface area (Å²) in [6.07, 6.45) is 2.39. The molecule has 25 heavy (non-hydrogen) atoms. The number of piperidine rings is 1. The minimum atomic E-state index is -0.376. The predicted molar refractivity (Wildman–Crippen MR) is 96.2 cm³/mol. The largest absolute Gasteiger partial charge is 0.369 e. The second-order valence-corrected chi connectivity index (χ2v) is 6.45. The first-order valence-electron chi connectivity index (χ1n) is 8.70. The van der Waals surface area contributed by atoms with Gasteiger partial charge in [-0.25, -0.2) is 4.39 Å². The fourth-order valence-electron chi connectivity index (χ4n) is 3.36. The van der Waals surface area contributed by atoms with E-state index in [9.17, 15) is 9.18 Å². The SMILES string of the molecule is CCc1ccc(C(=O)C2CCN(c3ccc(C#N)cc3F)CC2)cc1. The Balaban J connectivity index is 1.65. The maximum Gasteiger partial charge on any atom is 0.166 e. The number of anilines is 1. The molecule has 1 heterocycles. The van der Waals surface area contributed by atoms with Crippen LogP contribution in [0.25, 0.3) is 0 Å². The number of halogens is 1. The molecule has 128 valence electrons. The zero-order valence-corrected chi connectivity index (χ0v) is 14.3. The van der Waals surface area contributed by atoms with Crippen molar-refractivity contribution in [3.8, 4) is 6.07 Å². The molecule has 0 aromatic heterocycles. The van der Waals surface area contributed by atoms with Crippen LogP contribution < -0.4 is 4.90 Å². The van der Waals surface area contributed by atoms with Crippen LogP contribution in [0.3, 0.4) is 0 Å². The van der Waals surface area contributed by atoms with Gasteiger partial charge in [0.25, 0.3) is 0 Å². The highest BCUT2D eigenvalue weighted by molar-refractivity contribution is 5.98. The van der Waals surface area contributed by atoms with Gasteiger partial charge in [-0.15, -0.1) is 0 Å². The third-order valence-corrected chi connectivity index (χ3v) is 4.93. The summed E-state index contributed by atoms with van der Waals surface area (Å²) in [4.78, 5) is 14.6. The van der Waals surface area contributed by atoms with Gasteiger partial charge in [0.1, 0.15) is 5.82 Å². The normalized spacial score (nSPS) is 15.0. The molecule has 0 radical (unpaired) electrons. The number of hydrogen-bond donors (Lipinski definition) is 0. The van der Waals surface area contributed by atoms with Crippen molar-refractivity contribution < 1.29 is 9.18 Å². The van der Waals surface area contributed by atoms with Gasteiger partial charge in [0, 0.05) is 24.6 Å². The number of ketones is 1. The highest BCUT2D eigenvalue weighted by Crippen LogP contribution is 2.28. The fourth-order valence-corrected chi connectivity index (χ4v) is 3.36. The molecule has 2 aromatic rings. The number of nitriles is 1. The highest BCUT2D eigenvalue weighted by Gasteiger charge is 2.27. The first kappa shape index (κ1) is 17.2. The van der Waals surface area contributed by atoms with Crippen LogP contribution in [0.2, 0.25) is 0 Å². The number of Topliss-reactive ketones (excluding diaryl/α,β-unsaturated/α-hetero) is 1. The number of carbonyl (C=O) groups is 1. The van der Waals surface area contributed by atoms with Crippen molar-refractivity contribution in [2.75, 3.05) is 18.0 Å². The summed E-state index contributed by atoms with van der Waals surface area (Å²) < 4.78 is 14.2. The second kappa shape index (κ2) is 7.48. The summed E-state index contributed by atoms with van der Waals surface area (Å²) in [6.45, 7) is 3.38. The van der Waals surface area contributed by atoms with E-state index in [0.29, 0.717) is 37.2 Å². The van der Waals surface area contributed by atoms with E-state index in [1.165, 1.54) is 11.6 Å². The van der Waals surface area contributed by atoms with E-state index in [4.69, 9.17) is 5.26 Å². The summed E-state index contributed by atoms with van der Waals surface area (Å²) in [5, 5.41) is 8.83. The van der Waals surface area contributed by atoms with Gasteiger partial charge in [-0.05, 0) is 43.0 Å². The highest BCUT2D eigenvalue weighted by atomic mass is 19.1. The van der Waals surface area contributed by atoms with E-state index in [1.54, 1.807) is 12.1 Å². The Morgan fingerprint density at radius 2 is 1.88 bits per heavy atom. The molecule has 1 fully saturated rings. The first-order chi connectivity index (χ1) is 12.1. The zero-order valence-electron chi connectivity index (χ0n) is 14.3. The van der Waals surface area contributed by atoms with Crippen molar-refractivity contribution in [2.45, 2.75) is 26.2 Å². The van der Waals surface area contributed by atoms with E-state index in [0.717, 1.165) is 12.0 Å². The van der Waals surface area contributed by atoms with Crippen LogP contribution in [0, 0.1) is 23.1 Å². The Morgan fingerprint density at radius 3 is 2.44 bits per heavy atom. The minimum absolute atomic E-state index is 0.00910. The van der Waals surface area contributed by atoms with Gasteiger partial charge in [-0.2, -0.15) is 5.26 Å². The van der Waals surface area contributed by atoms with Gasteiger partial charge in [0.05, 0.1) is 17.3 Å². The van der Waals surface area contributed by atoms with Crippen molar-refractivity contribution in [3.05, 3.63) is 65.0 Å². The van der Waals surface area contributed by atoms with E-state index in [-0.39, 0.29) is 17.5 Å². The number of rotatable bonds is 4. The molecule has 0 bridgehead atoms. The molecule has 0 atom stereocenters. The van der Waals surface area contributed by atoms with Gasteiger partial charge in [-0.3, -0.25) is 4.79 Å². The smallest absolute Gasteiger partial charge is 0.166 e. The van der Waals surface area contributed by atoms with Crippen LogP contribution in [0.5, 0.6) is 0 Å². The summed E-state index contributed by atoms with van der Waals surface area (Å²) in [7, 11) is 0. The molecule has 3 nitrogen and oxygen atoms in total. The number of carbonyl (C=O) groups excluding carboxylic acids is 1. The Labute approximate surface area is 147 Å². The maximum absolute atomic E-state index is 14.2. The predicted octanol–water partition coefficient (Wildman–Crippen LogP) is 4.36. The van der Waals surface area contributed by atoms with Crippen LogP contribution in [-0.4, -0.2) is 18.9 Å². The summed E-state index contributed by atoms with van der Waals surface area (Å²) in [6, 6.07) is 14.3. The monoisotopic (exact) mass is 336 g/mol. The third-order valence-electron chi connectivity index (χ3n) is 4.93. The van der Waals surface area contributed by atoms with Crippen molar-refractivity contribution in [1.29, 1.82) is 5.26 Å². The molecular weight excluding hydrogens is 315 g/mol. The topological polar surface area (TPSA) is 44.1 Å². The van der Waals surface area contributed by atoms with E-state index >= 15 is 0 Å². The van der Waals surface area contributed by atoms with Gasteiger partial charge < -0.3 is 4.90 Å². The van der Waals surface area contributed by atoms with Crippen LogP contribution in [0.1, 0.15) is 41.3 Å². The molecule has 1 saturated heterocycles. The molecule has 0 aliphatic carbocycles. The van der Waals surface area contributed by atoms with Crippen LogP contribution in [0.15, 0.2) is 42.5 Å². The molecule has 2 aromatic carbocycles. The van der Waals surface area contributed by atoms with Crippen LogP contribution in [0.4, 0.5) is 10.1 Å². The lowest BCUT2D eigenvalue weighted by molar-refractivity contribution is 0.0900.